The summed E-state index contributed by atoms with van der Waals surface area (Å²) < 4.78 is 1.83. The quantitative estimate of drug-likeness (QED) is 0.784. The topological polar surface area (TPSA) is 80.7 Å². The number of carbonyl (C=O) groups excluding carboxylic acids is 2. The Bertz CT molecular complexity index is 979. The van der Waals surface area contributed by atoms with Crippen LogP contribution in [0.15, 0.2) is 54.9 Å². The van der Waals surface area contributed by atoms with E-state index in [1.165, 1.54) is 0 Å². The molecule has 1 fully saturated rings. The largest absolute Gasteiger partial charge is 0.366 e. The number of carbonyl (C=O) groups is 2. The van der Waals surface area contributed by atoms with Crippen LogP contribution in [-0.2, 0) is 6.42 Å². The minimum absolute atomic E-state index is 0.0112. The van der Waals surface area contributed by atoms with Gasteiger partial charge in [-0.2, -0.15) is 0 Å². The molecule has 4 rings (SSSR count). The molecule has 3 heterocycles. The van der Waals surface area contributed by atoms with Gasteiger partial charge in [0.25, 0.3) is 5.91 Å². The molecule has 1 saturated heterocycles. The summed E-state index contributed by atoms with van der Waals surface area (Å²) in [5.41, 5.74) is 8.33. The second-order valence-corrected chi connectivity index (χ2v) is 6.75. The summed E-state index contributed by atoms with van der Waals surface area (Å²) in [6, 6.07) is 13.1. The molecule has 26 heavy (non-hydrogen) atoms. The van der Waals surface area contributed by atoms with Crippen molar-refractivity contribution in [2.75, 3.05) is 13.1 Å². The van der Waals surface area contributed by atoms with Crippen molar-refractivity contribution in [3.05, 3.63) is 71.7 Å². The van der Waals surface area contributed by atoms with E-state index in [1.54, 1.807) is 12.3 Å². The van der Waals surface area contributed by atoms with E-state index in [0.717, 1.165) is 30.6 Å². The average molecular weight is 348 g/mol. The third-order valence-corrected chi connectivity index (χ3v) is 4.95. The highest BCUT2D eigenvalue weighted by molar-refractivity contribution is 5.93. The summed E-state index contributed by atoms with van der Waals surface area (Å²) in [5, 5.41) is 0. The van der Waals surface area contributed by atoms with Crippen molar-refractivity contribution in [2.24, 2.45) is 11.7 Å². The van der Waals surface area contributed by atoms with Crippen LogP contribution in [0.2, 0.25) is 0 Å². The first-order valence-corrected chi connectivity index (χ1v) is 8.72. The molecule has 1 aromatic carbocycles. The SMILES string of the molecule is NC(=O)c1cccc(C[C@H]2CCN(C(=O)c3cnc4ccccn34)C2)c1. The number of fused-ring (bicyclic) bond motifs is 1. The van der Waals surface area contributed by atoms with Gasteiger partial charge in [-0.3, -0.25) is 14.0 Å². The zero-order valence-corrected chi connectivity index (χ0v) is 14.3. The molecule has 0 unspecified atom stereocenters. The normalized spacial score (nSPS) is 16.9. The summed E-state index contributed by atoms with van der Waals surface area (Å²) in [4.78, 5) is 30.4. The lowest BCUT2D eigenvalue weighted by Gasteiger charge is -2.16. The summed E-state index contributed by atoms with van der Waals surface area (Å²) in [7, 11) is 0. The van der Waals surface area contributed by atoms with E-state index in [2.05, 4.69) is 4.98 Å². The van der Waals surface area contributed by atoms with Crippen LogP contribution in [0.4, 0.5) is 0 Å². The van der Waals surface area contributed by atoms with Crippen LogP contribution >= 0.6 is 0 Å². The van der Waals surface area contributed by atoms with Gasteiger partial charge in [-0.1, -0.05) is 18.2 Å². The summed E-state index contributed by atoms with van der Waals surface area (Å²) >= 11 is 0. The van der Waals surface area contributed by atoms with E-state index >= 15 is 0 Å². The Morgan fingerprint density at radius 1 is 1.19 bits per heavy atom. The third kappa shape index (κ3) is 3.06. The monoisotopic (exact) mass is 348 g/mol. The molecule has 0 radical (unpaired) electrons. The van der Waals surface area contributed by atoms with Crippen LogP contribution in [0, 0.1) is 5.92 Å². The molecule has 0 aliphatic carbocycles. The molecule has 1 aliphatic rings. The molecule has 1 atom stereocenters. The Balaban J connectivity index is 1.46. The van der Waals surface area contributed by atoms with Crippen molar-refractivity contribution in [3.63, 3.8) is 0 Å². The highest BCUT2D eigenvalue weighted by atomic mass is 16.2. The minimum atomic E-state index is -0.414. The molecule has 2 aromatic heterocycles. The lowest BCUT2D eigenvalue weighted by Crippen LogP contribution is -2.29. The van der Waals surface area contributed by atoms with Crippen LogP contribution < -0.4 is 5.73 Å². The first-order valence-electron chi connectivity index (χ1n) is 8.72. The van der Waals surface area contributed by atoms with Gasteiger partial charge in [-0.05, 0) is 48.6 Å². The number of amides is 2. The molecule has 2 amide bonds. The average Bonchev–Trinajstić information content (AvgIpc) is 3.28. The Morgan fingerprint density at radius 3 is 2.92 bits per heavy atom. The number of primary amides is 1. The number of pyridine rings is 1. The zero-order valence-electron chi connectivity index (χ0n) is 14.3. The zero-order chi connectivity index (χ0) is 18.1. The maximum atomic E-state index is 12.9. The molecule has 1 aliphatic heterocycles. The predicted molar refractivity (Wildman–Crippen MR) is 97.9 cm³/mol. The van der Waals surface area contributed by atoms with Crippen LogP contribution in [0.1, 0.15) is 32.8 Å². The molecule has 6 nitrogen and oxygen atoms in total. The van der Waals surface area contributed by atoms with E-state index in [1.807, 2.05) is 51.9 Å². The molecule has 0 bridgehead atoms. The minimum Gasteiger partial charge on any atom is -0.366 e. The van der Waals surface area contributed by atoms with Crippen molar-refractivity contribution >= 4 is 17.5 Å². The Kier molecular flexibility index (Phi) is 4.16. The fourth-order valence-electron chi connectivity index (χ4n) is 3.62. The van der Waals surface area contributed by atoms with Gasteiger partial charge in [0.05, 0.1) is 6.20 Å². The van der Waals surface area contributed by atoms with Crippen LogP contribution in [-0.4, -0.2) is 39.2 Å². The number of aromatic nitrogens is 2. The second-order valence-electron chi connectivity index (χ2n) is 6.75. The third-order valence-electron chi connectivity index (χ3n) is 4.95. The van der Waals surface area contributed by atoms with Gasteiger partial charge in [-0.15, -0.1) is 0 Å². The number of benzene rings is 1. The fraction of sp³-hybridized carbons (Fsp3) is 0.250. The molecular formula is C20H20N4O2. The van der Waals surface area contributed by atoms with Crippen LogP contribution in [0.3, 0.4) is 0 Å². The standard InChI is InChI=1S/C20H20N4O2/c21-19(25)16-5-3-4-14(11-16)10-15-7-9-23(13-15)20(26)17-12-22-18-6-1-2-8-24(17)18/h1-6,8,11-12,15H,7,9-10,13H2,(H2,21,25)/t15-/m1/s1. The van der Waals surface area contributed by atoms with Crippen molar-refractivity contribution in [2.45, 2.75) is 12.8 Å². The molecular weight excluding hydrogens is 328 g/mol. The number of nitrogens with two attached hydrogens (primary N) is 1. The number of likely N-dealkylation sites (tertiary alicyclic amines) is 1. The smallest absolute Gasteiger partial charge is 0.272 e. The van der Waals surface area contributed by atoms with E-state index < -0.39 is 5.91 Å². The van der Waals surface area contributed by atoms with Crippen LogP contribution in [0.5, 0.6) is 0 Å². The number of hydrogen-bond donors (Lipinski definition) is 1. The lowest BCUT2D eigenvalue weighted by molar-refractivity contribution is 0.0780. The van der Waals surface area contributed by atoms with Crippen molar-refractivity contribution < 1.29 is 9.59 Å². The van der Waals surface area contributed by atoms with Gasteiger partial charge in [0.15, 0.2) is 0 Å². The van der Waals surface area contributed by atoms with Gasteiger partial charge in [0, 0.05) is 24.8 Å². The first-order chi connectivity index (χ1) is 12.6. The maximum Gasteiger partial charge on any atom is 0.272 e. The Labute approximate surface area is 151 Å². The molecule has 2 N–H and O–H groups in total. The van der Waals surface area contributed by atoms with E-state index in [0.29, 0.717) is 23.7 Å². The van der Waals surface area contributed by atoms with Gasteiger partial charge < -0.3 is 10.6 Å². The number of imidazole rings is 1. The van der Waals surface area contributed by atoms with E-state index in [-0.39, 0.29) is 5.91 Å². The molecule has 132 valence electrons. The number of hydrogen-bond acceptors (Lipinski definition) is 3. The maximum absolute atomic E-state index is 12.9. The molecule has 6 heteroatoms. The van der Waals surface area contributed by atoms with Crippen molar-refractivity contribution in [1.29, 1.82) is 0 Å². The summed E-state index contributed by atoms with van der Waals surface area (Å²) in [6.45, 7) is 1.44. The molecule has 0 spiro atoms. The summed E-state index contributed by atoms with van der Waals surface area (Å²) in [6.07, 6.45) is 5.28. The van der Waals surface area contributed by atoms with E-state index in [9.17, 15) is 9.59 Å². The van der Waals surface area contributed by atoms with Crippen molar-refractivity contribution in [1.82, 2.24) is 14.3 Å². The number of rotatable bonds is 4. The van der Waals surface area contributed by atoms with Gasteiger partial charge in [0.2, 0.25) is 5.91 Å². The number of nitrogens with zero attached hydrogens (tertiary/aromatic N) is 3. The van der Waals surface area contributed by atoms with E-state index in [4.69, 9.17) is 5.73 Å². The molecule has 0 saturated carbocycles. The summed E-state index contributed by atoms with van der Waals surface area (Å²) in [5.74, 6) is -0.0268. The predicted octanol–water partition coefficient (Wildman–Crippen LogP) is 2.14. The van der Waals surface area contributed by atoms with Crippen LogP contribution in [0.25, 0.3) is 5.65 Å². The van der Waals surface area contributed by atoms with Gasteiger partial charge >= 0.3 is 0 Å². The fourth-order valence-corrected chi connectivity index (χ4v) is 3.62. The highest BCUT2D eigenvalue weighted by Gasteiger charge is 2.28. The highest BCUT2D eigenvalue weighted by Crippen LogP contribution is 2.23. The van der Waals surface area contributed by atoms with Gasteiger partial charge in [-0.25, -0.2) is 4.98 Å². The van der Waals surface area contributed by atoms with Crippen molar-refractivity contribution in [3.8, 4) is 0 Å². The Morgan fingerprint density at radius 2 is 2.08 bits per heavy atom. The second kappa shape index (κ2) is 6.63. The molecule has 3 aromatic rings. The first kappa shape index (κ1) is 16.3. The van der Waals surface area contributed by atoms with Gasteiger partial charge in [0.1, 0.15) is 11.3 Å². The Hall–Kier alpha value is -3.15. The lowest BCUT2D eigenvalue weighted by atomic mass is 9.97.